The van der Waals surface area contributed by atoms with Crippen molar-refractivity contribution < 1.29 is 4.79 Å². The maximum absolute atomic E-state index is 12.6. The van der Waals surface area contributed by atoms with Crippen molar-refractivity contribution in [1.82, 2.24) is 10.2 Å². The Balaban J connectivity index is 1.89. The molecule has 20 heavy (non-hydrogen) atoms. The molecule has 1 aromatic heterocycles. The number of amides is 1. The van der Waals surface area contributed by atoms with E-state index in [9.17, 15) is 4.79 Å². The average molecular weight is 310 g/mol. The van der Waals surface area contributed by atoms with Gasteiger partial charge in [-0.15, -0.1) is 0 Å². The fourth-order valence-electron chi connectivity index (χ4n) is 3.45. The van der Waals surface area contributed by atoms with Gasteiger partial charge >= 0.3 is 0 Å². The number of hydrogen-bond acceptors (Lipinski definition) is 4. The highest BCUT2D eigenvalue weighted by molar-refractivity contribution is 7.99. The van der Waals surface area contributed by atoms with Gasteiger partial charge < -0.3 is 4.90 Å². The molecule has 0 bridgehead atoms. The van der Waals surface area contributed by atoms with Gasteiger partial charge in [-0.2, -0.15) is 23.1 Å². The van der Waals surface area contributed by atoms with E-state index in [0.717, 1.165) is 6.42 Å². The van der Waals surface area contributed by atoms with Crippen LogP contribution in [-0.2, 0) is 4.79 Å². The molecule has 2 aliphatic rings. The van der Waals surface area contributed by atoms with E-state index in [-0.39, 0.29) is 18.1 Å². The molecule has 4 atom stereocenters. The number of nitrogens with zero attached hydrogens (tertiary/aromatic N) is 1. The first-order valence-corrected chi connectivity index (χ1v) is 9.58. The van der Waals surface area contributed by atoms with Gasteiger partial charge in [0, 0.05) is 11.3 Å². The van der Waals surface area contributed by atoms with Crippen LogP contribution in [0.15, 0.2) is 16.8 Å². The summed E-state index contributed by atoms with van der Waals surface area (Å²) < 4.78 is 0. The summed E-state index contributed by atoms with van der Waals surface area (Å²) in [6.45, 7) is 1.98. The fraction of sp³-hybridized carbons (Fsp3) is 0.667. The van der Waals surface area contributed by atoms with Crippen molar-refractivity contribution in [3.63, 3.8) is 0 Å². The molecular formula is C15H22N2OS2. The van der Waals surface area contributed by atoms with Gasteiger partial charge in [0.1, 0.15) is 6.17 Å². The molecule has 1 saturated heterocycles. The molecule has 3 rings (SSSR count). The normalized spacial score (nSPS) is 34.7. The van der Waals surface area contributed by atoms with Crippen molar-refractivity contribution in [3.8, 4) is 0 Å². The summed E-state index contributed by atoms with van der Waals surface area (Å²) in [5.41, 5.74) is 1.23. The minimum absolute atomic E-state index is 0.0654. The third kappa shape index (κ3) is 2.51. The van der Waals surface area contributed by atoms with Crippen LogP contribution in [0.3, 0.4) is 0 Å². The molecule has 5 heteroatoms. The van der Waals surface area contributed by atoms with Crippen LogP contribution in [0.1, 0.15) is 44.3 Å². The number of hydrogen-bond donors (Lipinski definition) is 1. The van der Waals surface area contributed by atoms with E-state index in [1.807, 2.05) is 18.7 Å². The average Bonchev–Trinajstić information content (AvgIpc) is 3.08. The molecule has 1 N–H and O–H groups in total. The Morgan fingerprint density at radius 1 is 1.40 bits per heavy atom. The molecule has 1 aromatic rings. The standard InChI is InChI=1S/C15H22N2OS2/c1-10-15(18)17(12-5-3-4-6-13(12)19-2)14(16-10)11-7-8-20-9-11/h7-10,12-14,16H,3-6H2,1-2H3. The van der Waals surface area contributed by atoms with E-state index < -0.39 is 0 Å². The van der Waals surface area contributed by atoms with Gasteiger partial charge in [-0.25, -0.2) is 0 Å². The van der Waals surface area contributed by atoms with Gasteiger partial charge in [-0.3, -0.25) is 10.1 Å². The third-order valence-corrected chi connectivity index (χ3v) is 6.35. The lowest BCUT2D eigenvalue weighted by Gasteiger charge is -2.39. The maximum atomic E-state index is 12.6. The van der Waals surface area contributed by atoms with Crippen LogP contribution in [0, 0.1) is 0 Å². The molecule has 1 amide bonds. The lowest BCUT2D eigenvalue weighted by Crippen LogP contribution is -2.47. The molecule has 0 radical (unpaired) electrons. The second-order valence-electron chi connectivity index (χ2n) is 5.72. The summed E-state index contributed by atoms with van der Waals surface area (Å²) in [7, 11) is 0. The van der Waals surface area contributed by atoms with Gasteiger partial charge in [0.2, 0.25) is 5.91 Å². The Morgan fingerprint density at radius 2 is 2.20 bits per heavy atom. The topological polar surface area (TPSA) is 32.3 Å². The lowest BCUT2D eigenvalue weighted by molar-refractivity contribution is -0.132. The summed E-state index contributed by atoms with van der Waals surface area (Å²) in [6.07, 6.45) is 7.18. The number of nitrogens with one attached hydrogen (secondary N) is 1. The zero-order valence-electron chi connectivity index (χ0n) is 12.0. The molecule has 3 nitrogen and oxygen atoms in total. The van der Waals surface area contributed by atoms with Gasteiger partial charge in [-0.05, 0) is 48.4 Å². The number of carbonyl (C=O) groups is 1. The second kappa shape index (κ2) is 6.08. The summed E-state index contributed by atoms with van der Waals surface area (Å²) in [5.74, 6) is 0.271. The fourth-order valence-corrected chi connectivity index (χ4v) is 5.11. The minimum atomic E-state index is -0.0654. The smallest absolute Gasteiger partial charge is 0.241 e. The van der Waals surface area contributed by atoms with Crippen LogP contribution in [-0.4, -0.2) is 34.4 Å². The Morgan fingerprint density at radius 3 is 2.90 bits per heavy atom. The van der Waals surface area contributed by atoms with Crippen LogP contribution < -0.4 is 5.32 Å². The van der Waals surface area contributed by atoms with Gasteiger partial charge in [-0.1, -0.05) is 12.8 Å². The zero-order valence-corrected chi connectivity index (χ0v) is 13.7. The van der Waals surface area contributed by atoms with E-state index in [4.69, 9.17) is 0 Å². The van der Waals surface area contributed by atoms with Crippen molar-refractivity contribution in [2.75, 3.05) is 6.26 Å². The van der Waals surface area contributed by atoms with E-state index >= 15 is 0 Å². The van der Waals surface area contributed by atoms with Gasteiger partial charge in [0.05, 0.1) is 6.04 Å². The van der Waals surface area contributed by atoms with E-state index in [2.05, 4.69) is 33.3 Å². The second-order valence-corrected chi connectivity index (χ2v) is 7.58. The zero-order chi connectivity index (χ0) is 14.1. The molecule has 2 fully saturated rings. The molecule has 1 aliphatic carbocycles. The molecule has 0 spiro atoms. The van der Waals surface area contributed by atoms with Gasteiger partial charge in [0.25, 0.3) is 0 Å². The number of thioether (sulfide) groups is 1. The monoisotopic (exact) mass is 310 g/mol. The first-order chi connectivity index (χ1) is 9.72. The predicted molar refractivity (Wildman–Crippen MR) is 86.1 cm³/mol. The SMILES string of the molecule is CSC1CCCCC1N1C(=O)C(C)NC1c1ccsc1. The summed E-state index contributed by atoms with van der Waals surface area (Å²) >= 11 is 3.63. The Bertz CT molecular complexity index is 462. The van der Waals surface area contributed by atoms with Crippen molar-refractivity contribution in [2.45, 2.75) is 56.1 Å². The van der Waals surface area contributed by atoms with Crippen molar-refractivity contribution in [2.24, 2.45) is 0 Å². The number of rotatable bonds is 3. The van der Waals surface area contributed by atoms with Crippen molar-refractivity contribution in [3.05, 3.63) is 22.4 Å². The minimum Gasteiger partial charge on any atom is -0.317 e. The van der Waals surface area contributed by atoms with Crippen LogP contribution in [0.4, 0.5) is 0 Å². The summed E-state index contributed by atoms with van der Waals surface area (Å²) in [5, 5.41) is 8.31. The van der Waals surface area contributed by atoms with Crippen molar-refractivity contribution >= 4 is 29.0 Å². The Hall–Kier alpha value is -0.520. The largest absolute Gasteiger partial charge is 0.317 e. The highest BCUT2D eigenvalue weighted by Crippen LogP contribution is 2.37. The predicted octanol–water partition coefficient (Wildman–Crippen LogP) is 3.24. The maximum Gasteiger partial charge on any atom is 0.241 e. The first-order valence-electron chi connectivity index (χ1n) is 7.35. The molecule has 110 valence electrons. The van der Waals surface area contributed by atoms with E-state index in [1.54, 1.807) is 11.3 Å². The molecule has 4 unspecified atom stereocenters. The van der Waals surface area contributed by atoms with Crippen LogP contribution in [0.5, 0.6) is 0 Å². The molecule has 0 aromatic carbocycles. The number of carbonyl (C=O) groups excluding carboxylic acids is 1. The summed E-state index contributed by atoms with van der Waals surface area (Å²) in [6, 6.07) is 2.45. The van der Waals surface area contributed by atoms with Gasteiger partial charge in [0.15, 0.2) is 0 Å². The Kier molecular flexibility index (Phi) is 4.38. The third-order valence-electron chi connectivity index (χ3n) is 4.50. The number of thiophene rings is 1. The Labute approximate surface area is 129 Å². The molecule has 1 aliphatic heterocycles. The first kappa shape index (κ1) is 14.4. The van der Waals surface area contributed by atoms with Crippen LogP contribution in [0.2, 0.25) is 0 Å². The summed E-state index contributed by atoms with van der Waals surface area (Å²) in [4.78, 5) is 14.8. The molecular weight excluding hydrogens is 288 g/mol. The molecule has 2 heterocycles. The van der Waals surface area contributed by atoms with E-state index in [0.29, 0.717) is 11.3 Å². The van der Waals surface area contributed by atoms with Crippen LogP contribution in [0.25, 0.3) is 0 Å². The quantitative estimate of drug-likeness (QED) is 0.930. The highest BCUT2D eigenvalue weighted by Gasteiger charge is 2.44. The molecule has 1 saturated carbocycles. The lowest BCUT2D eigenvalue weighted by atomic mass is 9.93. The van der Waals surface area contributed by atoms with Crippen molar-refractivity contribution in [1.29, 1.82) is 0 Å². The van der Waals surface area contributed by atoms with E-state index in [1.165, 1.54) is 24.8 Å². The highest BCUT2D eigenvalue weighted by atomic mass is 32.2. The van der Waals surface area contributed by atoms with Crippen LogP contribution >= 0.6 is 23.1 Å².